The Labute approximate surface area is 104 Å². The van der Waals surface area contributed by atoms with Crippen LogP contribution >= 0.6 is 0 Å². The van der Waals surface area contributed by atoms with Crippen LogP contribution in [0, 0.1) is 0 Å². The molecule has 0 aliphatic rings. The van der Waals surface area contributed by atoms with Gasteiger partial charge in [-0.25, -0.2) is 0 Å². The van der Waals surface area contributed by atoms with Crippen molar-refractivity contribution in [1.82, 2.24) is 9.80 Å². The van der Waals surface area contributed by atoms with E-state index in [0.717, 1.165) is 0 Å². The van der Waals surface area contributed by atoms with E-state index in [-0.39, 0.29) is 17.9 Å². The molecule has 17 heavy (non-hydrogen) atoms. The fourth-order valence-electron chi connectivity index (χ4n) is 1.30. The molecule has 0 unspecified atom stereocenters. The van der Waals surface area contributed by atoms with Gasteiger partial charge in [-0.2, -0.15) is 0 Å². The molecule has 0 aliphatic carbocycles. The maximum atomic E-state index is 11.7. The highest BCUT2D eigenvalue weighted by Gasteiger charge is 2.14. The van der Waals surface area contributed by atoms with E-state index < -0.39 is 0 Å². The van der Waals surface area contributed by atoms with Crippen LogP contribution in [-0.2, 0) is 14.3 Å². The van der Waals surface area contributed by atoms with Crippen LogP contribution in [0.5, 0.6) is 0 Å². The van der Waals surface area contributed by atoms with Crippen molar-refractivity contribution >= 4 is 11.9 Å². The summed E-state index contributed by atoms with van der Waals surface area (Å²) in [5.74, 6) is -0.107. The van der Waals surface area contributed by atoms with Gasteiger partial charge in [-0.1, -0.05) is 0 Å². The Hall–Kier alpha value is -1.10. The lowest BCUT2D eigenvalue weighted by atomic mass is 10.3. The van der Waals surface area contributed by atoms with Crippen molar-refractivity contribution in [1.29, 1.82) is 0 Å². The number of amides is 1. The van der Waals surface area contributed by atoms with Gasteiger partial charge in [0.1, 0.15) is 0 Å². The average molecular weight is 244 g/mol. The first kappa shape index (κ1) is 15.9. The molecule has 5 heteroatoms. The van der Waals surface area contributed by atoms with E-state index in [1.807, 2.05) is 25.8 Å². The Morgan fingerprint density at radius 3 is 2.29 bits per heavy atom. The number of rotatable bonds is 7. The van der Waals surface area contributed by atoms with Crippen molar-refractivity contribution in [3.8, 4) is 0 Å². The van der Waals surface area contributed by atoms with Gasteiger partial charge in [0.25, 0.3) is 0 Å². The van der Waals surface area contributed by atoms with E-state index in [1.54, 1.807) is 11.9 Å². The van der Waals surface area contributed by atoms with E-state index in [4.69, 9.17) is 0 Å². The molecule has 1 amide bonds. The third-order valence-corrected chi connectivity index (χ3v) is 2.72. The third-order valence-electron chi connectivity index (χ3n) is 2.72. The highest BCUT2D eigenvalue weighted by Crippen LogP contribution is 1.98. The van der Waals surface area contributed by atoms with E-state index in [2.05, 4.69) is 4.74 Å². The lowest BCUT2D eigenvalue weighted by Gasteiger charge is -2.24. The Kier molecular flexibility index (Phi) is 7.54. The number of likely N-dealkylation sites (N-methyl/N-ethyl adjacent to an activating group) is 2. The normalized spacial score (nSPS) is 10.8. The fourth-order valence-corrected chi connectivity index (χ4v) is 1.30. The smallest absolute Gasteiger partial charge is 0.305 e. The van der Waals surface area contributed by atoms with Crippen LogP contribution in [0.2, 0.25) is 0 Å². The Bertz CT molecular complexity index is 254. The van der Waals surface area contributed by atoms with Gasteiger partial charge in [0, 0.05) is 19.5 Å². The molecule has 0 heterocycles. The van der Waals surface area contributed by atoms with Crippen LogP contribution in [0.3, 0.4) is 0 Å². The Morgan fingerprint density at radius 2 is 1.82 bits per heavy atom. The van der Waals surface area contributed by atoms with Gasteiger partial charge in [-0.3, -0.25) is 14.5 Å². The number of esters is 1. The van der Waals surface area contributed by atoms with Crippen LogP contribution in [0.25, 0.3) is 0 Å². The summed E-state index contributed by atoms with van der Waals surface area (Å²) in [4.78, 5) is 26.3. The Balaban J connectivity index is 3.82. The van der Waals surface area contributed by atoms with E-state index in [9.17, 15) is 9.59 Å². The molecule has 0 atom stereocenters. The zero-order chi connectivity index (χ0) is 13.4. The van der Waals surface area contributed by atoms with Gasteiger partial charge in [-0.05, 0) is 33.9 Å². The van der Waals surface area contributed by atoms with Gasteiger partial charge < -0.3 is 9.64 Å². The number of methoxy groups -OCH3 is 1. The lowest BCUT2D eigenvalue weighted by Crippen LogP contribution is -2.40. The number of nitrogens with zero attached hydrogens (tertiary/aromatic N) is 2. The highest BCUT2D eigenvalue weighted by molar-refractivity contribution is 5.78. The highest BCUT2D eigenvalue weighted by atomic mass is 16.5. The second kappa shape index (κ2) is 8.06. The summed E-state index contributed by atoms with van der Waals surface area (Å²) in [5.41, 5.74) is 0. The predicted molar refractivity (Wildman–Crippen MR) is 66.7 cm³/mol. The number of ether oxygens (including phenoxy) is 1. The molecule has 0 aromatic heterocycles. The van der Waals surface area contributed by atoms with Crippen LogP contribution < -0.4 is 0 Å². The minimum absolute atomic E-state index is 0.0977. The molecule has 0 aliphatic heterocycles. The summed E-state index contributed by atoms with van der Waals surface area (Å²) in [7, 11) is 5.06. The van der Waals surface area contributed by atoms with Crippen molar-refractivity contribution in [3.63, 3.8) is 0 Å². The summed E-state index contributed by atoms with van der Waals surface area (Å²) in [6.45, 7) is 5.06. The van der Waals surface area contributed by atoms with Crippen molar-refractivity contribution in [2.45, 2.75) is 32.7 Å². The number of hydrogen-bond acceptors (Lipinski definition) is 4. The third kappa shape index (κ3) is 6.94. The first-order valence-electron chi connectivity index (χ1n) is 5.89. The van der Waals surface area contributed by atoms with Crippen LogP contribution in [0.1, 0.15) is 26.7 Å². The van der Waals surface area contributed by atoms with Crippen molar-refractivity contribution in [2.24, 2.45) is 0 Å². The number of carbonyl (C=O) groups excluding carboxylic acids is 2. The van der Waals surface area contributed by atoms with Gasteiger partial charge >= 0.3 is 5.97 Å². The molecule has 0 saturated carbocycles. The average Bonchev–Trinajstić information content (AvgIpc) is 2.27. The molecule has 0 radical (unpaired) electrons. The topological polar surface area (TPSA) is 49.9 Å². The standard InChI is InChI=1S/C12H24N2O3/c1-10(2)14(4)11(15)9-13(3)8-6-7-12(16)17-5/h10H,6-9H2,1-5H3. The number of hydrogen-bond donors (Lipinski definition) is 0. The molecule has 0 fully saturated rings. The lowest BCUT2D eigenvalue weighted by molar-refractivity contribution is -0.140. The number of carbonyl (C=O) groups is 2. The second-order valence-corrected chi connectivity index (χ2v) is 4.52. The molecule has 0 rings (SSSR count). The largest absolute Gasteiger partial charge is 0.469 e. The molecule has 0 saturated heterocycles. The maximum absolute atomic E-state index is 11.7. The summed E-state index contributed by atoms with van der Waals surface area (Å²) in [5, 5.41) is 0. The summed E-state index contributed by atoms with van der Waals surface area (Å²) in [6.07, 6.45) is 1.11. The molecule has 100 valence electrons. The molecule has 0 N–H and O–H groups in total. The van der Waals surface area contributed by atoms with Crippen molar-refractivity contribution in [2.75, 3.05) is 34.3 Å². The monoisotopic (exact) mass is 244 g/mol. The minimum Gasteiger partial charge on any atom is -0.469 e. The van der Waals surface area contributed by atoms with Gasteiger partial charge in [-0.15, -0.1) is 0 Å². The molecule has 0 aromatic rings. The van der Waals surface area contributed by atoms with Gasteiger partial charge in [0.05, 0.1) is 13.7 Å². The zero-order valence-corrected chi connectivity index (χ0v) is 11.5. The van der Waals surface area contributed by atoms with Crippen molar-refractivity contribution < 1.29 is 14.3 Å². The Morgan fingerprint density at radius 1 is 1.24 bits per heavy atom. The molecule has 0 spiro atoms. The van der Waals surface area contributed by atoms with E-state index in [1.165, 1.54) is 7.11 Å². The second-order valence-electron chi connectivity index (χ2n) is 4.52. The van der Waals surface area contributed by atoms with Gasteiger partial charge in [0.15, 0.2) is 0 Å². The molecule has 5 nitrogen and oxygen atoms in total. The van der Waals surface area contributed by atoms with Crippen molar-refractivity contribution in [3.05, 3.63) is 0 Å². The summed E-state index contributed by atoms with van der Waals surface area (Å²) >= 11 is 0. The minimum atomic E-state index is -0.205. The van der Waals surface area contributed by atoms with E-state index in [0.29, 0.717) is 25.9 Å². The fraction of sp³-hybridized carbons (Fsp3) is 0.833. The SMILES string of the molecule is COC(=O)CCCN(C)CC(=O)N(C)C(C)C. The van der Waals surface area contributed by atoms with E-state index >= 15 is 0 Å². The zero-order valence-electron chi connectivity index (χ0n) is 11.5. The molecular weight excluding hydrogens is 220 g/mol. The van der Waals surface area contributed by atoms with Crippen LogP contribution in [0.15, 0.2) is 0 Å². The summed E-state index contributed by atoms with van der Waals surface area (Å²) < 4.78 is 4.55. The predicted octanol–water partition coefficient (Wildman–Crippen LogP) is 0.738. The molecule has 0 bridgehead atoms. The molecular formula is C12H24N2O3. The molecule has 0 aromatic carbocycles. The maximum Gasteiger partial charge on any atom is 0.305 e. The van der Waals surface area contributed by atoms with Gasteiger partial charge in [0.2, 0.25) is 5.91 Å². The first-order chi connectivity index (χ1) is 7.88. The quantitative estimate of drug-likeness (QED) is 0.620. The first-order valence-corrected chi connectivity index (χ1v) is 5.89. The summed E-state index contributed by atoms with van der Waals surface area (Å²) in [6, 6.07) is 0.214. The van der Waals surface area contributed by atoms with Crippen LogP contribution in [-0.4, -0.2) is 62.0 Å². The van der Waals surface area contributed by atoms with Crippen LogP contribution in [0.4, 0.5) is 0 Å².